The third-order valence-corrected chi connectivity index (χ3v) is 8.80. The van der Waals surface area contributed by atoms with Gasteiger partial charge >= 0.3 is 6.09 Å². The summed E-state index contributed by atoms with van der Waals surface area (Å²) in [5.41, 5.74) is 5.44. The molecule has 5 heteroatoms. The molecule has 38 heavy (non-hydrogen) atoms. The summed E-state index contributed by atoms with van der Waals surface area (Å²) in [7, 11) is 0. The Morgan fingerprint density at radius 3 is 2.16 bits per heavy atom. The quantitative estimate of drug-likeness (QED) is 0.282. The van der Waals surface area contributed by atoms with Crippen molar-refractivity contribution >= 4 is 22.6 Å². The van der Waals surface area contributed by atoms with Gasteiger partial charge in [0.15, 0.2) is 5.78 Å². The Hall–Kier alpha value is -3.99. The number of nitrogens with zero attached hydrogens (tertiary/aromatic N) is 2. The van der Waals surface area contributed by atoms with Gasteiger partial charge in [-0.1, -0.05) is 72.8 Å². The van der Waals surface area contributed by atoms with Gasteiger partial charge in [-0.15, -0.1) is 0 Å². The molecule has 0 N–H and O–H groups in total. The number of hydrogen-bond donors (Lipinski definition) is 0. The number of ketones is 1. The Morgan fingerprint density at radius 2 is 1.45 bits per heavy atom. The fraction of sp³-hybridized carbons (Fsp3) is 0.303. The molecule has 3 aromatic carbocycles. The van der Waals surface area contributed by atoms with Gasteiger partial charge in [0.05, 0.1) is 0 Å². The third kappa shape index (κ3) is 3.80. The standard InChI is InChI=1S/C33H30N2O3/c36-32(31-25-11-2-1-8-21(25)16-17-34-31)22-18-23-9-7-10-24(19-22)35(23)33(37)38-20-30-28-14-5-3-12-26(28)27-13-4-6-15-29(27)30/h1-6,8,11-17,22-24,30H,7,9-10,18-20H2. The van der Waals surface area contributed by atoms with Crippen LogP contribution in [0.1, 0.15) is 59.6 Å². The molecule has 0 spiro atoms. The molecule has 1 aromatic heterocycles. The van der Waals surface area contributed by atoms with Crippen molar-refractivity contribution in [2.24, 2.45) is 5.92 Å². The highest BCUT2D eigenvalue weighted by Crippen LogP contribution is 2.45. The van der Waals surface area contributed by atoms with Crippen molar-refractivity contribution in [1.82, 2.24) is 9.88 Å². The van der Waals surface area contributed by atoms with Gasteiger partial charge in [0.1, 0.15) is 12.3 Å². The average molecular weight is 503 g/mol. The molecule has 0 saturated carbocycles. The summed E-state index contributed by atoms with van der Waals surface area (Å²) in [4.78, 5) is 33.6. The maximum atomic E-state index is 13.7. The van der Waals surface area contributed by atoms with Gasteiger partial charge in [-0.2, -0.15) is 0 Å². The summed E-state index contributed by atoms with van der Waals surface area (Å²) in [6, 6.07) is 26.7. The van der Waals surface area contributed by atoms with Gasteiger partial charge in [-0.25, -0.2) is 4.79 Å². The molecule has 1 aliphatic carbocycles. The smallest absolute Gasteiger partial charge is 0.410 e. The molecular weight excluding hydrogens is 472 g/mol. The molecular formula is C33H30N2O3. The predicted octanol–water partition coefficient (Wildman–Crippen LogP) is 7.00. The SMILES string of the molecule is O=C(c1nccc2ccccc12)C1CC2CCCC(C1)N2C(=O)OCC1c2ccccc2-c2ccccc21. The largest absolute Gasteiger partial charge is 0.448 e. The molecule has 0 radical (unpaired) electrons. The normalized spacial score (nSPS) is 22.1. The number of piperidine rings is 2. The van der Waals surface area contributed by atoms with Gasteiger partial charge in [-0.05, 0) is 65.8 Å². The minimum Gasteiger partial charge on any atom is -0.448 e. The van der Waals surface area contributed by atoms with Crippen molar-refractivity contribution in [3.63, 3.8) is 0 Å². The molecule has 3 aliphatic rings. The van der Waals surface area contributed by atoms with Crippen LogP contribution in [0.3, 0.4) is 0 Å². The van der Waals surface area contributed by atoms with Crippen LogP contribution < -0.4 is 0 Å². The van der Waals surface area contributed by atoms with Gasteiger partial charge in [0.25, 0.3) is 0 Å². The van der Waals surface area contributed by atoms with Crippen molar-refractivity contribution in [2.75, 3.05) is 6.61 Å². The number of fused-ring (bicyclic) bond motifs is 6. The predicted molar refractivity (Wildman–Crippen MR) is 147 cm³/mol. The summed E-state index contributed by atoms with van der Waals surface area (Å²) in [5.74, 6) is 0.0230. The van der Waals surface area contributed by atoms with Crippen LogP contribution >= 0.6 is 0 Å². The molecule has 2 unspecified atom stereocenters. The second-order valence-electron chi connectivity index (χ2n) is 10.9. The zero-order chi connectivity index (χ0) is 25.6. The molecule has 5 nitrogen and oxygen atoms in total. The lowest BCUT2D eigenvalue weighted by molar-refractivity contribution is 0.00645. The number of pyridine rings is 1. The van der Waals surface area contributed by atoms with Crippen molar-refractivity contribution < 1.29 is 14.3 Å². The van der Waals surface area contributed by atoms with Crippen LogP contribution in [0, 0.1) is 5.92 Å². The fourth-order valence-corrected chi connectivity index (χ4v) is 7.07. The molecule has 2 atom stereocenters. The second-order valence-corrected chi connectivity index (χ2v) is 10.9. The number of rotatable bonds is 4. The number of amides is 1. The van der Waals surface area contributed by atoms with E-state index in [0.717, 1.165) is 30.0 Å². The van der Waals surface area contributed by atoms with Crippen molar-refractivity contribution in [2.45, 2.75) is 50.1 Å². The molecule has 7 rings (SSSR count). The van der Waals surface area contributed by atoms with E-state index in [1.54, 1.807) is 6.20 Å². The van der Waals surface area contributed by atoms with Gasteiger partial charge in [0.2, 0.25) is 0 Å². The molecule has 190 valence electrons. The number of hydrogen-bond acceptors (Lipinski definition) is 4. The summed E-state index contributed by atoms with van der Waals surface area (Å²) < 4.78 is 6.04. The molecule has 2 bridgehead atoms. The lowest BCUT2D eigenvalue weighted by Gasteiger charge is -2.47. The summed E-state index contributed by atoms with van der Waals surface area (Å²) in [6.07, 6.45) is 5.73. The number of benzene rings is 3. The Labute approximate surface area is 222 Å². The lowest BCUT2D eigenvalue weighted by atomic mass is 9.76. The molecule has 3 heterocycles. The number of carbonyl (C=O) groups is 2. The Bertz CT molecular complexity index is 1480. The van der Waals surface area contributed by atoms with E-state index in [1.807, 2.05) is 35.2 Å². The van der Waals surface area contributed by atoms with Crippen LogP contribution in [0.25, 0.3) is 21.9 Å². The third-order valence-electron chi connectivity index (χ3n) is 8.80. The fourth-order valence-electron chi connectivity index (χ4n) is 7.07. The molecule has 2 fully saturated rings. The van der Waals surface area contributed by atoms with E-state index in [0.29, 0.717) is 25.1 Å². The first-order chi connectivity index (χ1) is 18.7. The maximum Gasteiger partial charge on any atom is 0.410 e. The lowest BCUT2D eigenvalue weighted by Crippen LogP contribution is -2.56. The van der Waals surface area contributed by atoms with Crippen LogP contribution in [0.4, 0.5) is 4.79 Å². The minimum atomic E-state index is -0.240. The zero-order valence-electron chi connectivity index (χ0n) is 21.3. The van der Waals surface area contributed by atoms with Crippen LogP contribution in [0.2, 0.25) is 0 Å². The first-order valence-corrected chi connectivity index (χ1v) is 13.7. The number of Topliss-reactive ketones (excluding diaryl/α,β-unsaturated/α-hetero) is 1. The summed E-state index contributed by atoms with van der Waals surface area (Å²) >= 11 is 0. The second kappa shape index (κ2) is 9.39. The van der Waals surface area contributed by atoms with Crippen LogP contribution in [-0.4, -0.2) is 40.5 Å². The highest BCUT2D eigenvalue weighted by molar-refractivity contribution is 6.07. The van der Waals surface area contributed by atoms with E-state index < -0.39 is 0 Å². The van der Waals surface area contributed by atoms with E-state index in [9.17, 15) is 9.59 Å². The first kappa shape index (κ1) is 23.2. The Kier molecular flexibility index (Phi) is 5.72. The number of ether oxygens (including phenoxy) is 1. The van der Waals surface area contributed by atoms with Gasteiger partial charge < -0.3 is 9.64 Å². The highest BCUT2D eigenvalue weighted by Gasteiger charge is 2.44. The topological polar surface area (TPSA) is 59.5 Å². The monoisotopic (exact) mass is 502 g/mol. The van der Waals surface area contributed by atoms with E-state index in [2.05, 4.69) is 53.5 Å². The molecule has 1 amide bonds. The summed E-state index contributed by atoms with van der Waals surface area (Å²) in [5, 5.41) is 1.94. The number of carbonyl (C=O) groups excluding carboxylic acids is 2. The zero-order valence-corrected chi connectivity index (χ0v) is 21.3. The molecule has 4 aromatic rings. The Balaban J connectivity index is 1.08. The summed E-state index contributed by atoms with van der Waals surface area (Å²) in [6.45, 7) is 0.324. The number of aromatic nitrogens is 1. The minimum absolute atomic E-state index is 0.0297. The first-order valence-electron chi connectivity index (χ1n) is 13.7. The average Bonchev–Trinajstić information content (AvgIpc) is 3.28. The van der Waals surface area contributed by atoms with Gasteiger partial charge in [-0.3, -0.25) is 9.78 Å². The maximum absolute atomic E-state index is 13.7. The van der Waals surface area contributed by atoms with E-state index in [1.165, 1.54) is 22.3 Å². The molecule has 2 aliphatic heterocycles. The Morgan fingerprint density at radius 1 is 0.816 bits per heavy atom. The van der Waals surface area contributed by atoms with Crippen LogP contribution in [-0.2, 0) is 4.74 Å². The van der Waals surface area contributed by atoms with Crippen molar-refractivity contribution in [1.29, 1.82) is 0 Å². The van der Waals surface area contributed by atoms with Crippen molar-refractivity contribution in [3.8, 4) is 11.1 Å². The van der Waals surface area contributed by atoms with Crippen molar-refractivity contribution in [3.05, 3.63) is 102 Å². The van der Waals surface area contributed by atoms with Gasteiger partial charge in [0, 0.05) is 35.5 Å². The van der Waals surface area contributed by atoms with E-state index in [-0.39, 0.29) is 35.8 Å². The van der Waals surface area contributed by atoms with Crippen LogP contribution in [0.5, 0.6) is 0 Å². The highest BCUT2D eigenvalue weighted by atomic mass is 16.6. The van der Waals surface area contributed by atoms with E-state index >= 15 is 0 Å². The molecule has 2 saturated heterocycles. The van der Waals surface area contributed by atoms with Crippen LogP contribution in [0.15, 0.2) is 85.1 Å². The van der Waals surface area contributed by atoms with E-state index in [4.69, 9.17) is 4.74 Å².